The molecular formula is C10H13Cl. The summed E-state index contributed by atoms with van der Waals surface area (Å²) in [5, 5.41) is 0. The van der Waals surface area contributed by atoms with E-state index in [-0.39, 0.29) is 0 Å². The molecule has 0 nitrogen and oxygen atoms in total. The highest BCUT2D eigenvalue weighted by Crippen LogP contribution is 2.16. The van der Waals surface area contributed by atoms with Crippen molar-refractivity contribution < 1.29 is 0 Å². The third kappa shape index (κ3) is 1.75. The van der Waals surface area contributed by atoms with Gasteiger partial charge in [-0.2, -0.15) is 0 Å². The Bertz CT molecular complexity index is 241. The van der Waals surface area contributed by atoms with Gasteiger partial charge in [-0.3, -0.25) is 0 Å². The third-order valence-corrected chi connectivity index (χ3v) is 2.29. The minimum Gasteiger partial charge on any atom is -0.122 e. The average molecular weight is 169 g/mol. The predicted octanol–water partition coefficient (Wildman–Crippen LogP) is 3.30. The number of hydrogen-bond donors (Lipinski definition) is 0. The smallest absolute Gasteiger partial charge is 0.0479 e. The Balaban J connectivity index is 3.13. The van der Waals surface area contributed by atoms with E-state index in [9.17, 15) is 0 Å². The van der Waals surface area contributed by atoms with Gasteiger partial charge in [0.1, 0.15) is 0 Å². The standard InChI is InChI=1S/C10H13Cl/c1-3-9-6-4-5-8(2)10(9)7-11/h4-6H,3,7H2,1-2H3. The van der Waals surface area contributed by atoms with Crippen LogP contribution in [0, 0.1) is 6.92 Å². The molecule has 0 aromatic heterocycles. The quantitative estimate of drug-likeness (QED) is 0.595. The van der Waals surface area contributed by atoms with Crippen molar-refractivity contribution in [2.24, 2.45) is 0 Å². The van der Waals surface area contributed by atoms with E-state index in [1.165, 1.54) is 16.7 Å². The van der Waals surface area contributed by atoms with Crippen molar-refractivity contribution in [1.82, 2.24) is 0 Å². The van der Waals surface area contributed by atoms with Gasteiger partial charge >= 0.3 is 0 Å². The normalized spacial score (nSPS) is 10.1. The topological polar surface area (TPSA) is 0 Å². The van der Waals surface area contributed by atoms with E-state index in [1.54, 1.807) is 0 Å². The summed E-state index contributed by atoms with van der Waals surface area (Å²) in [6.45, 7) is 4.27. The van der Waals surface area contributed by atoms with Gasteiger partial charge in [-0.05, 0) is 30.0 Å². The molecule has 60 valence electrons. The molecule has 0 saturated carbocycles. The number of rotatable bonds is 2. The lowest BCUT2D eigenvalue weighted by Gasteiger charge is -2.06. The maximum absolute atomic E-state index is 5.82. The number of alkyl halides is 1. The van der Waals surface area contributed by atoms with Crippen LogP contribution in [0.15, 0.2) is 18.2 Å². The van der Waals surface area contributed by atoms with Crippen molar-refractivity contribution in [3.05, 3.63) is 34.9 Å². The zero-order valence-corrected chi connectivity index (χ0v) is 7.78. The maximum atomic E-state index is 5.82. The predicted molar refractivity (Wildman–Crippen MR) is 50.1 cm³/mol. The van der Waals surface area contributed by atoms with E-state index in [0.29, 0.717) is 5.88 Å². The molecule has 1 aromatic carbocycles. The first-order valence-electron chi connectivity index (χ1n) is 3.93. The van der Waals surface area contributed by atoms with E-state index < -0.39 is 0 Å². The summed E-state index contributed by atoms with van der Waals surface area (Å²) < 4.78 is 0. The van der Waals surface area contributed by atoms with Crippen molar-refractivity contribution in [1.29, 1.82) is 0 Å². The molecule has 0 bridgehead atoms. The Morgan fingerprint density at radius 1 is 1.36 bits per heavy atom. The second-order valence-electron chi connectivity index (χ2n) is 2.70. The number of halogens is 1. The molecule has 11 heavy (non-hydrogen) atoms. The van der Waals surface area contributed by atoms with Gasteiger partial charge in [-0.15, -0.1) is 11.6 Å². The summed E-state index contributed by atoms with van der Waals surface area (Å²) in [5.41, 5.74) is 3.98. The Morgan fingerprint density at radius 3 is 2.55 bits per heavy atom. The zero-order valence-electron chi connectivity index (χ0n) is 7.02. The zero-order chi connectivity index (χ0) is 8.27. The highest BCUT2D eigenvalue weighted by atomic mass is 35.5. The molecular weight excluding hydrogens is 156 g/mol. The summed E-state index contributed by atoms with van der Waals surface area (Å²) in [4.78, 5) is 0. The molecule has 0 aliphatic rings. The van der Waals surface area contributed by atoms with E-state index >= 15 is 0 Å². The van der Waals surface area contributed by atoms with Crippen molar-refractivity contribution in [3.63, 3.8) is 0 Å². The number of benzene rings is 1. The molecule has 0 aliphatic carbocycles. The first kappa shape index (κ1) is 8.61. The van der Waals surface area contributed by atoms with Crippen molar-refractivity contribution in [2.45, 2.75) is 26.1 Å². The lowest BCUT2D eigenvalue weighted by Crippen LogP contribution is -1.92. The first-order valence-corrected chi connectivity index (χ1v) is 4.46. The molecule has 1 aromatic rings. The second-order valence-corrected chi connectivity index (χ2v) is 2.97. The molecule has 0 unspecified atom stereocenters. The second kappa shape index (κ2) is 3.77. The summed E-state index contributed by atoms with van der Waals surface area (Å²) in [6.07, 6.45) is 1.07. The molecule has 0 atom stereocenters. The van der Waals surface area contributed by atoms with Crippen LogP contribution in [0.25, 0.3) is 0 Å². The molecule has 0 radical (unpaired) electrons. The SMILES string of the molecule is CCc1cccc(C)c1CCl. The minimum atomic E-state index is 0.635. The monoisotopic (exact) mass is 168 g/mol. The fourth-order valence-electron chi connectivity index (χ4n) is 1.29. The van der Waals surface area contributed by atoms with Crippen LogP contribution in [-0.2, 0) is 12.3 Å². The van der Waals surface area contributed by atoms with Crippen LogP contribution in [0.5, 0.6) is 0 Å². The lowest BCUT2D eigenvalue weighted by atomic mass is 10.0. The third-order valence-electron chi connectivity index (χ3n) is 2.02. The van der Waals surface area contributed by atoms with Gasteiger partial charge in [0, 0.05) is 5.88 Å². The van der Waals surface area contributed by atoms with Crippen LogP contribution in [0.4, 0.5) is 0 Å². The number of aryl methyl sites for hydroxylation is 2. The van der Waals surface area contributed by atoms with Crippen LogP contribution in [0.2, 0.25) is 0 Å². The van der Waals surface area contributed by atoms with E-state index in [2.05, 4.69) is 32.0 Å². The minimum absolute atomic E-state index is 0.635. The average Bonchev–Trinajstić information content (AvgIpc) is 2.04. The van der Waals surface area contributed by atoms with Gasteiger partial charge in [0.05, 0.1) is 0 Å². The van der Waals surface area contributed by atoms with E-state index in [4.69, 9.17) is 11.6 Å². The maximum Gasteiger partial charge on any atom is 0.0479 e. The summed E-state index contributed by atoms with van der Waals surface area (Å²) in [6, 6.07) is 6.34. The summed E-state index contributed by atoms with van der Waals surface area (Å²) >= 11 is 5.82. The largest absolute Gasteiger partial charge is 0.122 e. The van der Waals surface area contributed by atoms with Gasteiger partial charge in [0.2, 0.25) is 0 Å². The van der Waals surface area contributed by atoms with Gasteiger partial charge < -0.3 is 0 Å². The van der Waals surface area contributed by atoms with Crippen molar-refractivity contribution in [3.8, 4) is 0 Å². The van der Waals surface area contributed by atoms with Crippen LogP contribution in [0.1, 0.15) is 23.6 Å². The highest BCUT2D eigenvalue weighted by Gasteiger charge is 2.00. The van der Waals surface area contributed by atoms with Gasteiger partial charge in [0.15, 0.2) is 0 Å². The molecule has 1 heteroatoms. The molecule has 0 heterocycles. The van der Waals surface area contributed by atoms with Crippen molar-refractivity contribution >= 4 is 11.6 Å². The van der Waals surface area contributed by atoms with Gasteiger partial charge in [-0.1, -0.05) is 25.1 Å². The van der Waals surface area contributed by atoms with Gasteiger partial charge in [0.25, 0.3) is 0 Å². The summed E-state index contributed by atoms with van der Waals surface area (Å²) in [7, 11) is 0. The molecule has 0 fully saturated rings. The first-order chi connectivity index (χ1) is 5.29. The van der Waals surface area contributed by atoms with Crippen LogP contribution in [-0.4, -0.2) is 0 Å². The van der Waals surface area contributed by atoms with Crippen LogP contribution in [0.3, 0.4) is 0 Å². The van der Waals surface area contributed by atoms with E-state index in [1.807, 2.05) is 0 Å². The Labute approximate surface area is 73.2 Å². The molecule has 0 saturated heterocycles. The summed E-state index contributed by atoms with van der Waals surface area (Å²) in [5.74, 6) is 0.635. The van der Waals surface area contributed by atoms with Crippen molar-refractivity contribution in [2.75, 3.05) is 0 Å². The Morgan fingerprint density at radius 2 is 2.09 bits per heavy atom. The van der Waals surface area contributed by atoms with Crippen LogP contribution < -0.4 is 0 Å². The molecule has 0 N–H and O–H groups in total. The fourth-order valence-corrected chi connectivity index (χ4v) is 1.67. The Hall–Kier alpha value is -0.490. The molecule has 0 aliphatic heterocycles. The van der Waals surface area contributed by atoms with Gasteiger partial charge in [-0.25, -0.2) is 0 Å². The molecule has 0 amide bonds. The molecule has 1 rings (SSSR count). The highest BCUT2D eigenvalue weighted by molar-refractivity contribution is 6.17. The fraction of sp³-hybridized carbons (Fsp3) is 0.400. The number of hydrogen-bond acceptors (Lipinski definition) is 0. The lowest BCUT2D eigenvalue weighted by molar-refractivity contribution is 1.08. The van der Waals surface area contributed by atoms with Crippen LogP contribution >= 0.6 is 11.6 Å². The van der Waals surface area contributed by atoms with E-state index in [0.717, 1.165) is 6.42 Å². The molecule has 0 spiro atoms. The Kier molecular flexibility index (Phi) is 2.95.